The Morgan fingerprint density at radius 2 is 1.52 bits per heavy atom. The van der Waals surface area contributed by atoms with Crippen molar-refractivity contribution in [1.82, 2.24) is 9.80 Å². The average molecular weight is 643 g/mol. The minimum absolute atomic E-state index is 0.0726. The summed E-state index contributed by atoms with van der Waals surface area (Å²) in [5, 5.41) is 17.9. The van der Waals surface area contributed by atoms with E-state index >= 15 is 0 Å². The standard InChI is InChI=1S/C40H42N4O4/c1-27-23-44(28(2)26-45)39(46)34-16-10-18-36(42-40(47)41-35-17-9-14-32-13-7-8-15-33(32)35)38(34)48-37(27)25-43(3)24-29-19-21-31(22-20-29)30-11-5-4-6-12-30/h4-22,27-28,37,45H,23-26H2,1-3H3,(H2,41,42,47)/t27-,28+,37-/m0/s1. The van der Waals surface area contributed by atoms with E-state index in [9.17, 15) is 14.7 Å². The number of hydrogen-bond donors (Lipinski definition) is 3. The Morgan fingerprint density at radius 3 is 2.29 bits per heavy atom. The molecule has 3 atom stereocenters. The van der Waals surface area contributed by atoms with Crippen LogP contribution in [0.5, 0.6) is 5.75 Å². The van der Waals surface area contributed by atoms with Gasteiger partial charge in [0.2, 0.25) is 0 Å². The van der Waals surface area contributed by atoms with Crippen molar-refractivity contribution in [3.05, 3.63) is 126 Å². The second kappa shape index (κ2) is 14.7. The van der Waals surface area contributed by atoms with Crippen LogP contribution in [-0.4, -0.2) is 65.7 Å². The summed E-state index contributed by atoms with van der Waals surface area (Å²) in [5.74, 6) is 0.00117. The number of aliphatic hydroxyl groups excluding tert-OH is 1. The number of nitrogens with one attached hydrogen (secondary N) is 2. The molecule has 5 aromatic rings. The number of rotatable bonds is 9. The third-order valence-electron chi connectivity index (χ3n) is 8.98. The largest absolute Gasteiger partial charge is 0.486 e. The first-order valence-electron chi connectivity index (χ1n) is 16.4. The van der Waals surface area contributed by atoms with Gasteiger partial charge >= 0.3 is 6.03 Å². The topological polar surface area (TPSA) is 94.1 Å². The van der Waals surface area contributed by atoms with Crippen LogP contribution in [0.3, 0.4) is 0 Å². The van der Waals surface area contributed by atoms with Crippen molar-refractivity contribution in [3.8, 4) is 16.9 Å². The van der Waals surface area contributed by atoms with Crippen molar-refractivity contribution in [2.24, 2.45) is 5.92 Å². The summed E-state index contributed by atoms with van der Waals surface area (Å²) in [6.45, 7) is 5.44. The molecule has 0 radical (unpaired) electrons. The molecule has 5 aromatic carbocycles. The molecular weight excluding hydrogens is 600 g/mol. The molecule has 1 aliphatic heterocycles. The number of hydrogen-bond acceptors (Lipinski definition) is 5. The SMILES string of the molecule is C[C@H](CO)N1C[C@H](C)[C@H](CN(C)Cc2ccc(-c3ccccc3)cc2)Oc2c(NC(=O)Nc3cccc4ccccc34)cccc2C1=O. The lowest BCUT2D eigenvalue weighted by atomic mass is 9.98. The van der Waals surface area contributed by atoms with Gasteiger partial charge in [0.1, 0.15) is 6.10 Å². The Balaban J connectivity index is 1.24. The van der Waals surface area contributed by atoms with Crippen LogP contribution < -0.4 is 15.4 Å². The fourth-order valence-electron chi connectivity index (χ4n) is 6.29. The number of carbonyl (C=O) groups excluding carboxylic acids is 2. The summed E-state index contributed by atoms with van der Waals surface area (Å²) in [6.07, 6.45) is -0.317. The van der Waals surface area contributed by atoms with Crippen molar-refractivity contribution in [2.75, 3.05) is 37.4 Å². The lowest BCUT2D eigenvalue weighted by Crippen LogP contribution is -2.49. The summed E-state index contributed by atoms with van der Waals surface area (Å²) in [6, 6.07) is 36.9. The molecule has 8 nitrogen and oxygen atoms in total. The highest BCUT2D eigenvalue weighted by Gasteiger charge is 2.34. The van der Waals surface area contributed by atoms with E-state index in [1.54, 1.807) is 23.1 Å². The molecule has 8 heteroatoms. The van der Waals surface area contributed by atoms with Gasteiger partial charge in [-0.3, -0.25) is 9.69 Å². The predicted molar refractivity (Wildman–Crippen MR) is 192 cm³/mol. The van der Waals surface area contributed by atoms with Gasteiger partial charge in [-0.2, -0.15) is 0 Å². The molecule has 48 heavy (non-hydrogen) atoms. The number of fused-ring (bicyclic) bond motifs is 2. The second-order valence-corrected chi connectivity index (χ2v) is 12.7. The monoisotopic (exact) mass is 642 g/mol. The third-order valence-corrected chi connectivity index (χ3v) is 8.98. The Bertz CT molecular complexity index is 1870. The molecule has 3 N–H and O–H groups in total. The third kappa shape index (κ3) is 7.35. The maximum absolute atomic E-state index is 13.9. The molecule has 0 aromatic heterocycles. The maximum Gasteiger partial charge on any atom is 0.323 e. The fraction of sp³-hybridized carbons (Fsp3) is 0.250. The highest BCUT2D eigenvalue weighted by Crippen LogP contribution is 2.35. The van der Waals surface area contributed by atoms with Gasteiger partial charge in [-0.05, 0) is 54.2 Å². The molecule has 0 unspecified atom stereocenters. The molecule has 0 bridgehead atoms. The zero-order chi connectivity index (χ0) is 33.6. The van der Waals surface area contributed by atoms with Crippen molar-refractivity contribution in [1.29, 1.82) is 0 Å². The molecular formula is C40H42N4O4. The van der Waals surface area contributed by atoms with Crippen LogP contribution in [0.25, 0.3) is 21.9 Å². The van der Waals surface area contributed by atoms with Crippen molar-refractivity contribution >= 4 is 34.1 Å². The number of aliphatic hydroxyl groups is 1. The first-order valence-corrected chi connectivity index (χ1v) is 16.4. The van der Waals surface area contributed by atoms with Gasteiger partial charge in [-0.15, -0.1) is 0 Å². The van der Waals surface area contributed by atoms with Crippen molar-refractivity contribution in [2.45, 2.75) is 32.5 Å². The van der Waals surface area contributed by atoms with E-state index in [1.165, 1.54) is 16.7 Å². The first-order chi connectivity index (χ1) is 23.3. The minimum Gasteiger partial charge on any atom is -0.486 e. The second-order valence-electron chi connectivity index (χ2n) is 12.7. The maximum atomic E-state index is 13.9. The molecule has 6 rings (SSSR count). The highest BCUT2D eigenvalue weighted by atomic mass is 16.5. The summed E-state index contributed by atoms with van der Waals surface area (Å²) >= 11 is 0. The van der Waals surface area contributed by atoms with Crippen molar-refractivity contribution in [3.63, 3.8) is 0 Å². The Labute approximate surface area is 282 Å². The summed E-state index contributed by atoms with van der Waals surface area (Å²) in [7, 11) is 2.06. The quantitative estimate of drug-likeness (QED) is 0.155. The molecule has 1 heterocycles. The molecule has 0 saturated carbocycles. The van der Waals surface area contributed by atoms with Gasteiger partial charge in [0.05, 0.1) is 29.6 Å². The van der Waals surface area contributed by atoms with E-state index in [0.717, 1.165) is 10.8 Å². The molecule has 0 saturated heterocycles. The predicted octanol–water partition coefficient (Wildman–Crippen LogP) is 7.50. The first kappa shape index (κ1) is 32.7. The van der Waals surface area contributed by atoms with Crippen LogP contribution in [-0.2, 0) is 6.54 Å². The summed E-state index contributed by atoms with van der Waals surface area (Å²) < 4.78 is 6.72. The van der Waals surface area contributed by atoms with Gasteiger partial charge in [-0.1, -0.05) is 104 Å². The number of anilines is 2. The van der Waals surface area contributed by atoms with E-state index in [-0.39, 0.29) is 24.5 Å². The number of nitrogens with zero attached hydrogens (tertiary/aromatic N) is 2. The number of para-hydroxylation sites is 1. The summed E-state index contributed by atoms with van der Waals surface area (Å²) in [5.41, 5.74) is 4.94. The van der Waals surface area contributed by atoms with Gasteiger partial charge < -0.3 is 25.4 Å². The zero-order valence-electron chi connectivity index (χ0n) is 27.6. The van der Waals surface area contributed by atoms with Gasteiger partial charge in [0.15, 0.2) is 5.75 Å². The Morgan fingerprint density at radius 1 is 0.875 bits per heavy atom. The van der Waals surface area contributed by atoms with E-state index in [2.05, 4.69) is 65.9 Å². The highest BCUT2D eigenvalue weighted by molar-refractivity contribution is 6.08. The number of likely N-dealkylation sites (N-methyl/N-ethyl adjacent to an activating group) is 1. The lowest BCUT2D eigenvalue weighted by Gasteiger charge is -2.38. The van der Waals surface area contributed by atoms with Crippen LogP contribution in [0.15, 0.2) is 115 Å². The van der Waals surface area contributed by atoms with E-state index in [4.69, 9.17) is 4.74 Å². The van der Waals surface area contributed by atoms with Crippen molar-refractivity contribution < 1.29 is 19.4 Å². The number of urea groups is 1. The molecule has 0 fully saturated rings. The number of ether oxygens (including phenoxy) is 1. The number of amides is 3. The fourth-order valence-corrected chi connectivity index (χ4v) is 6.29. The molecule has 0 spiro atoms. The minimum atomic E-state index is -0.445. The van der Waals surface area contributed by atoms with E-state index in [0.29, 0.717) is 42.3 Å². The van der Waals surface area contributed by atoms with Gasteiger partial charge in [0.25, 0.3) is 5.91 Å². The molecule has 246 valence electrons. The summed E-state index contributed by atoms with van der Waals surface area (Å²) in [4.78, 5) is 31.2. The van der Waals surface area contributed by atoms with Gasteiger partial charge in [-0.25, -0.2) is 4.79 Å². The van der Waals surface area contributed by atoms with Crippen LogP contribution >= 0.6 is 0 Å². The number of benzene rings is 5. The zero-order valence-corrected chi connectivity index (χ0v) is 27.6. The van der Waals surface area contributed by atoms with Crippen LogP contribution in [0, 0.1) is 5.92 Å². The van der Waals surface area contributed by atoms with Crippen LogP contribution in [0.2, 0.25) is 0 Å². The van der Waals surface area contributed by atoms with E-state index < -0.39 is 12.1 Å². The van der Waals surface area contributed by atoms with Gasteiger partial charge in [0, 0.05) is 30.9 Å². The molecule has 1 aliphatic rings. The normalized spacial score (nSPS) is 16.9. The van der Waals surface area contributed by atoms with E-state index in [1.807, 2.05) is 67.6 Å². The number of carbonyl (C=O) groups is 2. The lowest BCUT2D eigenvalue weighted by molar-refractivity contribution is 0.0343. The Hall–Kier alpha value is -5.18. The molecule has 0 aliphatic carbocycles. The van der Waals surface area contributed by atoms with Crippen LogP contribution in [0.1, 0.15) is 29.8 Å². The smallest absolute Gasteiger partial charge is 0.323 e. The molecule has 3 amide bonds. The average Bonchev–Trinajstić information content (AvgIpc) is 3.10. The van der Waals surface area contributed by atoms with Crippen LogP contribution in [0.4, 0.5) is 16.2 Å². The Kier molecular flexibility index (Phi) is 10.0.